The molecule has 5 nitrogen and oxygen atoms in total. The van der Waals surface area contributed by atoms with Gasteiger partial charge < -0.3 is 9.47 Å². The molecule has 0 unspecified atom stereocenters. The number of hydrogen-bond acceptors (Lipinski definition) is 4. The lowest BCUT2D eigenvalue weighted by molar-refractivity contribution is 0.0528. The van der Waals surface area contributed by atoms with Crippen molar-refractivity contribution < 1.29 is 14.3 Å². The fraction of sp³-hybridized carbons (Fsp3) is 0.263. The van der Waals surface area contributed by atoms with E-state index in [1.165, 1.54) is 0 Å². The summed E-state index contributed by atoms with van der Waals surface area (Å²) in [7, 11) is 1.60. The molecule has 6 heteroatoms. The van der Waals surface area contributed by atoms with Gasteiger partial charge in [-0.15, -0.1) is 0 Å². The molecular formula is C19H19ClN2O3. The number of nitrogens with zero attached hydrogens (tertiary/aromatic N) is 2. The summed E-state index contributed by atoms with van der Waals surface area (Å²) in [5, 5.41) is 5.12. The number of halogens is 1. The van der Waals surface area contributed by atoms with Gasteiger partial charge >= 0.3 is 5.97 Å². The molecule has 0 amide bonds. The Morgan fingerprint density at radius 3 is 2.64 bits per heavy atom. The maximum absolute atomic E-state index is 12.3. The number of carbonyl (C=O) groups excluding carboxylic acids is 1. The van der Waals surface area contributed by atoms with E-state index in [9.17, 15) is 4.79 Å². The topological polar surface area (TPSA) is 52.8 Å². The Morgan fingerprint density at radius 1 is 1.24 bits per heavy atom. The van der Waals surface area contributed by atoms with E-state index in [0.29, 0.717) is 34.2 Å². The van der Waals surface area contributed by atoms with Crippen LogP contribution in [0.4, 0.5) is 0 Å². The van der Waals surface area contributed by atoms with Gasteiger partial charge in [0.15, 0.2) is 0 Å². The van der Waals surface area contributed by atoms with Crippen LogP contribution in [0.15, 0.2) is 30.3 Å². The second-order valence-corrected chi connectivity index (χ2v) is 6.10. The van der Waals surface area contributed by atoms with Gasteiger partial charge in [-0.2, -0.15) is 5.10 Å². The fourth-order valence-electron chi connectivity index (χ4n) is 2.92. The van der Waals surface area contributed by atoms with Crippen LogP contribution in [0.1, 0.15) is 28.5 Å². The lowest BCUT2D eigenvalue weighted by Crippen LogP contribution is -2.06. The van der Waals surface area contributed by atoms with Gasteiger partial charge in [0.2, 0.25) is 0 Å². The van der Waals surface area contributed by atoms with Crippen LogP contribution in [0, 0.1) is 13.8 Å². The maximum atomic E-state index is 12.3. The molecule has 0 atom stereocenters. The van der Waals surface area contributed by atoms with E-state index < -0.39 is 0 Å². The number of pyridine rings is 1. The van der Waals surface area contributed by atoms with E-state index in [1.54, 1.807) is 31.5 Å². The van der Waals surface area contributed by atoms with Crippen molar-refractivity contribution in [3.8, 4) is 17.0 Å². The molecule has 130 valence electrons. The molecule has 0 fully saturated rings. The standard InChI is InChI=1S/C19H19ClN2O3/c1-5-25-19(23)17-12(3)21-22-16(17)9-6-11(2)18(22)14-8-7-13(24-4)10-15(14)20/h6-10H,5H2,1-4H3. The molecule has 25 heavy (non-hydrogen) atoms. The predicted molar refractivity (Wildman–Crippen MR) is 97.6 cm³/mol. The van der Waals surface area contributed by atoms with Crippen LogP contribution in [-0.2, 0) is 4.74 Å². The molecule has 0 spiro atoms. The Balaban J connectivity index is 2.28. The van der Waals surface area contributed by atoms with Crippen LogP contribution in [0.5, 0.6) is 5.75 Å². The molecule has 3 aromatic rings. The number of ether oxygens (including phenoxy) is 2. The zero-order valence-corrected chi connectivity index (χ0v) is 15.3. The van der Waals surface area contributed by atoms with Gasteiger partial charge in [-0.1, -0.05) is 17.7 Å². The molecule has 0 radical (unpaired) electrons. The number of fused-ring (bicyclic) bond motifs is 1. The van der Waals surface area contributed by atoms with Crippen LogP contribution < -0.4 is 4.74 Å². The van der Waals surface area contributed by atoms with E-state index in [2.05, 4.69) is 5.10 Å². The highest BCUT2D eigenvalue weighted by Crippen LogP contribution is 2.34. The molecule has 0 aliphatic carbocycles. The zero-order chi connectivity index (χ0) is 18.1. The first-order valence-corrected chi connectivity index (χ1v) is 8.35. The molecule has 0 aliphatic rings. The summed E-state index contributed by atoms with van der Waals surface area (Å²) in [6.45, 7) is 5.88. The Hall–Kier alpha value is -2.53. The molecule has 0 bridgehead atoms. The summed E-state index contributed by atoms with van der Waals surface area (Å²) in [5.41, 5.74) is 4.45. The lowest BCUT2D eigenvalue weighted by atomic mass is 10.1. The minimum atomic E-state index is -0.370. The number of carbonyl (C=O) groups is 1. The van der Waals surface area contributed by atoms with Crippen molar-refractivity contribution >= 4 is 23.1 Å². The van der Waals surface area contributed by atoms with E-state index in [0.717, 1.165) is 16.8 Å². The van der Waals surface area contributed by atoms with Crippen molar-refractivity contribution in [1.29, 1.82) is 0 Å². The van der Waals surface area contributed by atoms with Crippen molar-refractivity contribution in [2.45, 2.75) is 20.8 Å². The summed E-state index contributed by atoms with van der Waals surface area (Å²) >= 11 is 6.46. The molecule has 0 saturated heterocycles. The highest BCUT2D eigenvalue weighted by molar-refractivity contribution is 6.33. The Morgan fingerprint density at radius 2 is 2.00 bits per heavy atom. The largest absolute Gasteiger partial charge is 0.497 e. The SMILES string of the molecule is CCOC(=O)c1c(C)nn2c(-c3ccc(OC)cc3Cl)c(C)ccc12. The third-order valence-corrected chi connectivity index (χ3v) is 4.40. The van der Waals surface area contributed by atoms with Crippen molar-refractivity contribution in [2.75, 3.05) is 13.7 Å². The van der Waals surface area contributed by atoms with Crippen molar-refractivity contribution in [1.82, 2.24) is 9.61 Å². The second-order valence-electron chi connectivity index (χ2n) is 5.69. The number of benzene rings is 1. The summed E-state index contributed by atoms with van der Waals surface area (Å²) in [5.74, 6) is 0.313. The van der Waals surface area contributed by atoms with Gasteiger partial charge in [0, 0.05) is 5.56 Å². The fourth-order valence-corrected chi connectivity index (χ4v) is 3.18. The van der Waals surface area contributed by atoms with Crippen molar-refractivity contribution in [3.63, 3.8) is 0 Å². The molecule has 0 aliphatic heterocycles. The van der Waals surface area contributed by atoms with Crippen LogP contribution >= 0.6 is 11.6 Å². The van der Waals surface area contributed by atoms with E-state index in [-0.39, 0.29) is 5.97 Å². The zero-order valence-electron chi connectivity index (χ0n) is 14.6. The summed E-state index contributed by atoms with van der Waals surface area (Å²) in [4.78, 5) is 12.3. The van der Waals surface area contributed by atoms with Crippen molar-refractivity contribution in [3.05, 3.63) is 52.2 Å². The predicted octanol–water partition coefficient (Wildman–Crippen LogP) is 4.46. The normalized spacial score (nSPS) is 10.9. The van der Waals surface area contributed by atoms with Crippen LogP contribution in [0.25, 0.3) is 16.8 Å². The average molecular weight is 359 g/mol. The summed E-state index contributed by atoms with van der Waals surface area (Å²) < 4.78 is 12.1. The van der Waals surface area contributed by atoms with Gasteiger partial charge in [0.05, 0.1) is 35.6 Å². The number of esters is 1. The Labute approximate surface area is 151 Å². The summed E-state index contributed by atoms with van der Waals surface area (Å²) in [6.07, 6.45) is 0. The average Bonchev–Trinajstić information content (AvgIpc) is 2.91. The molecule has 0 N–H and O–H groups in total. The minimum absolute atomic E-state index is 0.318. The number of aromatic nitrogens is 2. The first kappa shape index (κ1) is 17.3. The third kappa shape index (κ3) is 2.96. The first-order valence-electron chi connectivity index (χ1n) is 7.97. The van der Waals surface area contributed by atoms with Gasteiger partial charge in [0.25, 0.3) is 0 Å². The lowest BCUT2D eigenvalue weighted by Gasteiger charge is -2.12. The Bertz CT molecular complexity index is 963. The Kier molecular flexibility index (Phi) is 4.68. The number of aryl methyl sites for hydroxylation is 2. The van der Waals surface area contributed by atoms with E-state index in [4.69, 9.17) is 21.1 Å². The number of methoxy groups -OCH3 is 1. The van der Waals surface area contributed by atoms with Gasteiger partial charge in [0.1, 0.15) is 11.3 Å². The molecular weight excluding hydrogens is 340 g/mol. The number of rotatable bonds is 4. The first-order chi connectivity index (χ1) is 12.0. The van der Waals surface area contributed by atoms with Crippen molar-refractivity contribution in [2.24, 2.45) is 0 Å². The van der Waals surface area contributed by atoms with Crippen LogP contribution in [-0.4, -0.2) is 29.3 Å². The molecule has 2 aromatic heterocycles. The quantitative estimate of drug-likeness (QED) is 0.646. The number of hydrogen-bond donors (Lipinski definition) is 0. The van der Waals surface area contributed by atoms with Crippen LogP contribution in [0.2, 0.25) is 5.02 Å². The monoisotopic (exact) mass is 358 g/mol. The van der Waals surface area contributed by atoms with Gasteiger partial charge in [-0.3, -0.25) is 0 Å². The maximum Gasteiger partial charge on any atom is 0.342 e. The molecule has 0 saturated carbocycles. The summed E-state index contributed by atoms with van der Waals surface area (Å²) in [6, 6.07) is 9.33. The molecule has 1 aromatic carbocycles. The smallest absolute Gasteiger partial charge is 0.342 e. The van der Waals surface area contributed by atoms with Crippen LogP contribution in [0.3, 0.4) is 0 Å². The van der Waals surface area contributed by atoms with E-state index in [1.807, 2.05) is 31.2 Å². The molecule has 3 rings (SSSR count). The van der Waals surface area contributed by atoms with Gasteiger partial charge in [-0.05, 0) is 50.6 Å². The second kappa shape index (κ2) is 6.76. The highest BCUT2D eigenvalue weighted by Gasteiger charge is 2.21. The van der Waals surface area contributed by atoms with E-state index >= 15 is 0 Å². The highest BCUT2D eigenvalue weighted by atomic mass is 35.5. The molecule has 2 heterocycles. The third-order valence-electron chi connectivity index (χ3n) is 4.08. The minimum Gasteiger partial charge on any atom is -0.497 e. The van der Waals surface area contributed by atoms with Gasteiger partial charge in [-0.25, -0.2) is 9.31 Å².